The molecular weight excluding hydrogens is 404 g/mol. The number of tetrazole rings is 1. The van der Waals surface area contributed by atoms with Crippen molar-refractivity contribution in [1.82, 2.24) is 25.1 Å². The fraction of sp³-hybridized carbons (Fsp3) is 0.250. The van der Waals surface area contributed by atoms with Crippen LogP contribution in [0.1, 0.15) is 12.2 Å². The highest BCUT2D eigenvalue weighted by Crippen LogP contribution is 2.23. The molecule has 0 bridgehead atoms. The summed E-state index contributed by atoms with van der Waals surface area (Å²) in [6, 6.07) is 23.7. The molecule has 162 valence electrons. The van der Waals surface area contributed by atoms with Gasteiger partial charge in [-0.2, -0.15) is 4.68 Å². The van der Waals surface area contributed by atoms with Gasteiger partial charge in [0.2, 0.25) is 11.9 Å². The molecule has 1 aliphatic rings. The van der Waals surface area contributed by atoms with Gasteiger partial charge >= 0.3 is 0 Å². The molecular formula is C24H24N6O2. The molecule has 1 saturated heterocycles. The zero-order chi connectivity index (χ0) is 21.8. The smallest absolute Gasteiger partial charge is 0.250 e. The molecule has 32 heavy (non-hydrogen) atoms. The number of aryl methyl sites for hydroxylation is 1. The third-order valence-corrected chi connectivity index (χ3v) is 5.67. The van der Waals surface area contributed by atoms with E-state index in [1.54, 1.807) is 4.68 Å². The summed E-state index contributed by atoms with van der Waals surface area (Å²) < 4.78 is 7.66. The Hall–Kier alpha value is -3.94. The molecule has 0 atom stereocenters. The fourth-order valence-corrected chi connectivity index (χ4v) is 3.93. The van der Waals surface area contributed by atoms with Crippen LogP contribution in [0.2, 0.25) is 0 Å². The van der Waals surface area contributed by atoms with E-state index in [0.29, 0.717) is 45.0 Å². The first-order valence-corrected chi connectivity index (χ1v) is 10.8. The Labute approximate surface area is 186 Å². The van der Waals surface area contributed by atoms with Crippen LogP contribution in [0, 0.1) is 0 Å². The molecule has 2 aromatic carbocycles. The molecule has 4 aromatic rings. The number of para-hydroxylation sites is 1. The maximum atomic E-state index is 12.8. The monoisotopic (exact) mass is 428 g/mol. The molecule has 1 aliphatic heterocycles. The van der Waals surface area contributed by atoms with E-state index in [-0.39, 0.29) is 5.91 Å². The summed E-state index contributed by atoms with van der Waals surface area (Å²) in [5.74, 6) is 2.51. The minimum atomic E-state index is 0.143. The maximum Gasteiger partial charge on any atom is 0.250 e. The summed E-state index contributed by atoms with van der Waals surface area (Å²) in [6.45, 7) is 2.68. The van der Waals surface area contributed by atoms with Crippen LogP contribution < -0.4 is 4.90 Å². The van der Waals surface area contributed by atoms with Gasteiger partial charge in [0, 0.05) is 44.6 Å². The number of piperazine rings is 1. The second kappa shape index (κ2) is 9.05. The average molecular weight is 428 g/mol. The minimum Gasteiger partial charge on any atom is -0.461 e. The standard InChI is InChI=1S/C24H24N6O2/c31-23(14-12-21-11-13-22(32-21)19-7-3-1-4-8-19)28-15-17-29(18-16-28)24-25-26-27-30(24)20-9-5-2-6-10-20/h1-11,13H,12,14-18H2. The SMILES string of the molecule is O=C(CCc1ccc(-c2ccccc2)o1)N1CCN(c2nnnn2-c2ccccc2)CC1. The summed E-state index contributed by atoms with van der Waals surface area (Å²) in [5.41, 5.74) is 1.96. The van der Waals surface area contributed by atoms with Crippen molar-refractivity contribution in [2.24, 2.45) is 0 Å². The first-order chi connectivity index (χ1) is 15.8. The number of hydrogen-bond acceptors (Lipinski definition) is 6. The third-order valence-electron chi connectivity index (χ3n) is 5.67. The number of nitrogens with zero attached hydrogens (tertiary/aromatic N) is 6. The Bertz CT molecular complexity index is 1160. The molecule has 8 heteroatoms. The van der Waals surface area contributed by atoms with Crippen LogP contribution in [-0.4, -0.2) is 57.2 Å². The zero-order valence-electron chi connectivity index (χ0n) is 17.7. The zero-order valence-corrected chi connectivity index (χ0v) is 17.7. The molecule has 0 aliphatic carbocycles. The van der Waals surface area contributed by atoms with Crippen LogP contribution in [0.15, 0.2) is 77.2 Å². The van der Waals surface area contributed by atoms with E-state index in [1.807, 2.05) is 77.7 Å². The Morgan fingerprint density at radius 3 is 2.34 bits per heavy atom. The molecule has 1 fully saturated rings. The van der Waals surface area contributed by atoms with E-state index in [0.717, 1.165) is 22.8 Å². The Kier molecular flexibility index (Phi) is 5.65. The molecule has 1 amide bonds. The van der Waals surface area contributed by atoms with Crippen LogP contribution >= 0.6 is 0 Å². The molecule has 2 aromatic heterocycles. The van der Waals surface area contributed by atoms with Gasteiger partial charge in [0.1, 0.15) is 11.5 Å². The summed E-state index contributed by atoms with van der Waals surface area (Å²) in [4.78, 5) is 16.8. The lowest BCUT2D eigenvalue weighted by molar-refractivity contribution is -0.131. The summed E-state index contributed by atoms with van der Waals surface area (Å²) in [7, 11) is 0. The molecule has 0 unspecified atom stereocenters. The first kappa shape index (κ1) is 20.0. The number of carbonyl (C=O) groups excluding carboxylic acids is 1. The van der Waals surface area contributed by atoms with E-state index in [9.17, 15) is 4.79 Å². The predicted octanol–water partition coefficient (Wildman–Crippen LogP) is 3.20. The number of aromatic nitrogens is 4. The highest BCUT2D eigenvalue weighted by molar-refractivity contribution is 5.76. The van der Waals surface area contributed by atoms with Gasteiger partial charge in [0.25, 0.3) is 0 Å². The number of carbonyl (C=O) groups is 1. The molecule has 5 rings (SSSR count). The van der Waals surface area contributed by atoms with E-state index in [1.165, 1.54) is 0 Å². The van der Waals surface area contributed by atoms with E-state index >= 15 is 0 Å². The second-order valence-corrected chi connectivity index (χ2v) is 7.73. The summed E-state index contributed by atoms with van der Waals surface area (Å²) >= 11 is 0. The number of amides is 1. The number of benzene rings is 2. The normalized spacial score (nSPS) is 14.0. The van der Waals surface area contributed by atoms with Gasteiger partial charge in [-0.05, 0) is 34.7 Å². The van der Waals surface area contributed by atoms with Crippen molar-refractivity contribution in [3.05, 3.63) is 78.6 Å². The van der Waals surface area contributed by atoms with E-state index < -0.39 is 0 Å². The molecule has 0 N–H and O–H groups in total. The lowest BCUT2D eigenvalue weighted by Gasteiger charge is -2.34. The van der Waals surface area contributed by atoms with Crippen molar-refractivity contribution in [1.29, 1.82) is 0 Å². The van der Waals surface area contributed by atoms with Crippen molar-refractivity contribution < 1.29 is 9.21 Å². The van der Waals surface area contributed by atoms with Crippen LogP contribution in [0.4, 0.5) is 5.95 Å². The topological polar surface area (TPSA) is 80.3 Å². The van der Waals surface area contributed by atoms with Crippen LogP contribution in [0.5, 0.6) is 0 Å². The number of rotatable bonds is 6. The Balaban J connectivity index is 1.15. The Morgan fingerprint density at radius 1 is 0.875 bits per heavy atom. The van der Waals surface area contributed by atoms with Gasteiger partial charge in [0.15, 0.2) is 0 Å². The molecule has 0 saturated carbocycles. The van der Waals surface area contributed by atoms with Crippen molar-refractivity contribution in [2.45, 2.75) is 12.8 Å². The Morgan fingerprint density at radius 2 is 1.59 bits per heavy atom. The quantitative estimate of drug-likeness (QED) is 0.469. The lowest BCUT2D eigenvalue weighted by Crippen LogP contribution is -2.49. The van der Waals surface area contributed by atoms with Crippen molar-refractivity contribution in [3.63, 3.8) is 0 Å². The number of hydrogen-bond donors (Lipinski definition) is 0. The minimum absolute atomic E-state index is 0.143. The largest absolute Gasteiger partial charge is 0.461 e. The van der Waals surface area contributed by atoms with Crippen LogP contribution in [0.3, 0.4) is 0 Å². The second-order valence-electron chi connectivity index (χ2n) is 7.73. The molecule has 0 spiro atoms. The highest BCUT2D eigenvalue weighted by atomic mass is 16.3. The van der Waals surface area contributed by atoms with Gasteiger partial charge in [-0.15, -0.1) is 0 Å². The number of anilines is 1. The summed E-state index contributed by atoms with van der Waals surface area (Å²) in [5, 5.41) is 12.2. The predicted molar refractivity (Wildman–Crippen MR) is 120 cm³/mol. The highest BCUT2D eigenvalue weighted by Gasteiger charge is 2.25. The van der Waals surface area contributed by atoms with Crippen molar-refractivity contribution in [3.8, 4) is 17.0 Å². The first-order valence-electron chi connectivity index (χ1n) is 10.8. The van der Waals surface area contributed by atoms with Gasteiger partial charge < -0.3 is 14.2 Å². The molecule has 0 radical (unpaired) electrons. The fourth-order valence-electron chi connectivity index (χ4n) is 3.93. The summed E-state index contributed by atoms with van der Waals surface area (Å²) in [6.07, 6.45) is 1.03. The third kappa shape index (κ3) is 4.25. The van der Waals surface area contributed by atoms with Gasteiger partial charge in [-0.1, -0.05) is 53.6 Å². The lowest BCUT2D eigenvalue weighted by atomic mass is 10.2. The average Bonchev–Trinajstić information content (AvgIpc) is 3.54. The van der Waals surface area contributed by atoms with Crippen LogP contribution in [-0.2, 0) is 11.2 Å². The molecule has 8 nitrogen and oxygen atoms in total. The van der Waals surface area contributed by atoms with E-state index in [2.05, 4.69) is 20.4 Å². The van der Waals surface area contributed by atoms with Crippen LogP contribution in [0.25, 0.3) is 17.0 Å². The van der Waals surface area contributed by atoms with Gasteiger partial charge in [-0.25, -0.2) is 0 Å². The number of furan rings is 1. The van der Waals surface area contributed by atoms with Crippen molar-refractivity contribution >= 4 is 11.9 Å². The van der Waals surface area contributed by atoms with Gasteiger partial charge in [-0.3, -0.25) is 4.79 Å². The van der Waals surface area contributed by atoms with Crippen molar-refractivity contribution in [2.75, 3.05) is 31.1 Å². The maximum absolute atomic E-state index is 12.8. The van der Waals surface area contributed by atoms with E-state index in [4.69, 9.17) is 4.42 Å². The molecule has 3 heterocycles. The van der Waals surface area contributed by atoms with Gasteiger partial charge in [0.05, 0.1) is 5.69 Å².